The Kier molecular flexibility index (Phi) is 18.0. The smallest absolute Gasteiger partial charge is 0.00426 e. The van der Waals surface area contributed by atoms with Crippen LogP contribution in [0, 0.1) is 0 Å². The number of nitrogens with two attached hydrogens (primary N) is 1. The molecule has 0 aliphatic carbocycles. The van der Waals surface area contributed by atoms with Crippen molar-refractivity contribution >= 4 is 0 Å². The number of hydrogen-bond acceptors (Lipinski definition) is 1. The Bertz CT molecular complexity index is 381. The molecule has 0 amide bonds. The van der Waals surface area contributed by atoms with Crippen molar-refractivity contribution < 1.29 is 0 Å². The first kappa shape index (κ1) is 20.4. The molecule has 0 aliphatic rings. The van der Waals surface area contributed by atoms with Crippen molar-refractivity contribution in [3.63, 3.8) is 0 Å². The minimum absolute atomic E-state index is 0.738. The molecule has 0 heterocycles. The maximum Gasteiger partial charge on any atom is -0.00426 e. The van der Waals surface area contributed by atoms with Gasteiger partial charge in [-0.1, -0.05) is 79.8 Å². The molecule has 0 aromatic carbocycles. The fraction of sp³-hybridized carbons (Fsp3) is 0.429. The van der Waals surface area contributed by atoms with Gasteiger partial charge in [-0.05, 0) is 51.5 Å². The van der Waals surface area contributed by atoms with Crippen molar-refractivity contribution in [1.82, 2.24) is 0 Å². The van der Waals surface area contributed by atoms with Crippen LogP contribution in [0.15, 0.2) is 72.9 Å². The molecule has 22 heavy (non-hydrogen) atoms. The van der Waals surface area contributed by atoms with E-state index in [1.54, 1.807) is 0 Å². The van der Waals surface area contributed by atoms with Crippen LogP contribution in [0.25, 0.3) is 0 Å². The Balaban J connectivity index is 3.48. The van der Waals surface area contributed by atoms with Crippen LogP contribution in [0.2, 0.25) is 0 Å². The van der Waals surface area contributed by atoms with Gasteiger partial charge < -0.3 is 5.73 Å². The molecule has 0 saturated carbocycles. The van der Waals surface area contributed by atoms with Gasteiger partial charge in [-0.2, -0.15) is 0 Å². The summed E-state index contributed by atoms with van der Waals surface area (Å²) in [5.74, 6) is 0. The summed E-state index contributed by atoms with van der Waals surface area (Å²) in [6.45, 7) is 2.90. The van der Waals surface area contributed by atoms with E-state index in [1.165, 1.54) is 0 Å². The molecule has 0 aromatic heterocycles. The highest BCUT2D eigenvalue weighted by Crippen LogP contribution is 1.96. The van der Waals surface area contributed by atoms with Gasteiger partial charge in [-0.15, -0.1) is 0 Å². The highest BCUT2D eigenvalue weighted by Gasteiger charge is 1.76. The van der Waals surface area contributed by atoms with E-state index in [0.717, 1.165) is 51.5 Å². The number of hydrogen-bond donors (Lipinski definition) is 1. The van der Waals surface area contributed by atoms with Crippen LogP contribution < -0.4 is 5.73 Å². The zero-order chi connectivity index (χ0) is 16.1. The highest BCUT2D eigenvalue weighted by molar-refractivity contribution is 5.01. The molecule has 0 saturated heterocycles. The van der Waals surface area contributed by atoms with Crippen molar-refractivity contribution in [3.8, 4) is 0 Å². The monoisotopic (exact) mass is 299 g/mol. The van der Waals surface area contributed by atoms with E-state index < -0.39 is 0 Å². The fourth-order valence-corrected chi connectivity index (χ4v) is 1.74. The van der Waals surface area contributed by atoms with E-state index in [1.807, 2.05) is 0 Å². The second-order valence-corrected chi connectivity index (χ2v) is 4.99. The lowest BCUT2D eigenvalue weighted by atomic mass is 10.2. The Morgan fingerprint density at radius 3 is 1.14 bits per heavy atom. The third-order valence-corrected chi connectivity index (χ3v) is 2.93. The third-order valence-electron chi connectivity index (χ3n) is 2.93. The summed E-state index contributed by atoms with van der Waals surface area (Å²) in [4.78, 5) is 0. The lowest BCUT2D eigenvalue weighted by molar-refractivity contribution is 1.00. The molecule has 0 radical (unpaired) electrons. The van der Waals surface area contributed by atoms with Gasteiger partial charge >= 0.3 is 0 Å². The summed E-state index contributed by atoms with van der Waals surface area (Å²) in [5.41, 5.74) is 5.41. The number of rotatable bonds is 13. The quantitative estimate of drug-likeness (QED) is 0.413. The van der Waals surface area contributed by atoms with Gasteiger partial charge in [-0.3, -0.25) is 0 Å². The zero-order valence-electron chi connectivity index (χ0n) is 14.2. The second-order valence-electron chi connectivity index (χ2n) is 4.99. The number of allylic oxidation sites excluding steroid dienone is 11. The van der Waals surface area contributed by atoms with Gasteiger partial charge in [0.2, 0.25) is 0 Å². The minimum atomic E-state index is 0.738. The first-order valence-corrected chi connectivity index (χ1v) is 8.51. The summed E-state index contributed by atoms with van der Waals surface area (Å²) in [7, 11) is 0. The maximum absolute atomic E-state index is 5.41. The normalized spacial score (nSPS) is 13.4. The molecular weight excluding hydrogens is 266 g/mol. The molecular formula is C21H33N. The van der Waals surface area contributed by atoms with Crippen molar-refractivity contribution in [2.45, 2.75) is 51.9 Å². The standard InChI is InChI=1S/C21H33N/c1-2-3-4-5-6-7-8-9-10-11-12-13-14-15-16-17-18-19-20-21-22/h3-4,6-7,9-10,12-13,15-16,18-19H,2,5,8,11,14,17,20-22H2,1H3/b4-3-,7-6-,10-9-,13-12-,16-15-,19-18-. The lowest BCUT2D eigenvalue weighted by Gasteiger charge is -1.86. The molecule has 1 heteroatoms. The summed E-state index contributed by atoms with van der Waals surface area (Å²) in [6, 6.07) is 0. The van der Waals surface area contributed by atoms with Gasteiger partial charge in [-0.25, -0.2) is 0 Å². The van der Waals surface area contributed by atoms with Crippen molar-refractivity contribution in [2.75, 3.05) is 6.54 Å². The van der Waals surface area contributed by atoms with Crippen LogP contribution in [0.4, 0.5) is 0 Å². The lowest BCUT2D eigenvalue weighted by Crippen LogP contribution is -1.94. The van der Waals surface area contributed by atoms with Gasteiger partial charge in [0.05, 0.1) is 0 Å². The average molecular weight is 300 g/mol. The van der Waals surface area contributed by atoms with Crippen molar-refractivity contribution in [2.24, 2.45) is 5.73 Å². The van der Waals surface area contributed by atoms with Crippen LogP contribution in [0.5, 0.6) is 0 Å². The molecule has 0 fully saturated rings. The molecule has 1 nitrogen and oxygen atoms in total. The SMILES string of the molecule is CC/C=C\C/C=C\C/C=C\C/C=C\C/C=C\C/C=C\CCN. The Morgan fingerprint density at radius 2 is 0.818 bits per heavy atom. The average Bonchev–Trinajstić information content (AvgIpc) is 2.54. The van der Waals surface area contributed by atoms with Gasteiger partial charge in [0, 0.05) is 0 Å². The van der Waals surface area contributed by atoms with E-state index >= 15 is 0 Å². The van der Waals surface area contributed by atoms with Crippen molar-refractivity contribution in [3.05, 3.63) is 72.9 Å². The van der Waals surface area contributed by atoms with Crippen molar-refractivity contribution in [1.29, 1.82) is 0 Å². The topological polar surface area (TPSA) is 26.0 Å². The largest absolute Gasteiger partial charge is 0.330 e. The summed E-state index contributed by atoms with van der Waals surface area (Å²) < 4.78 is 0. The molecule has 0 aliphatic heterocycles. The molecule has 0 aromatic rings. The predicted octanol–water partition coefficient (Wildman–Crippen LogP) is 6.03. The van der Waals surface area contributed by atoms with Gasteiger partial charge in [0.1, 0.15) is 0 Å². The summed E-state index contributed by atoms with van der Waals surface area (Å²) >= 11 is 0. The molecule has 0 rings (SSSR count). The first-order chi connectivity index (χ1) is 10.9. The third kappa shape index (κ3) is 18.4. The van der Waals surface area contributed by atoms with Crippen LogP contribution in [-0.4, -0.2) is 6.54 Å². The molecule has 2 N–H and O–H groups in total. The van der Waals surface area contributed by atoms with E-state index in [-0.39, 0.29) is 0 Å². The van der Waals surface area contributed by atoms with Gasteiger partial charge in [0.25, 0.3) is 0 Å². The van der Waals surface area contributed by atoms with Crippen LogP contribution in [-0.2, 0) is 0 Å². The second kappa shape index (κ2) is 19.4. The zero-order valence-corrected chi connectivity index (χ0v) is 14.2. The van der Waals surface area contributed by atoms with Gasteiger partial charge in [0.15, 0.2) is 0 Å². The van der Waals surface area contributed by atoms with Crippen LogP contribution in [0.3, 0.4) is 0 Å². The van der Waals surface area contributed by atoms with E-state index in [0.29, 0.717) is 0 Å². The molecule has 122 valence electrons. The Labute approximate surface area is 137 Å². The van der Waals surface area contributed by atoms with Crippen LogP contribution >= 0.6 is 0 Å². The predicted molar refractivity (Wildman–Crippen MR) is 102 cm³/mol. The maximum atomic E-state index is 5.41. The van der Waals surface area contributed by atoms with E-state index in [4.69, 9.17) is 5.73 Å². The summed E-state index contributed by atoms with van der Waals surface area (Å²) in [5, 5.41) is 0. The molecule has 0 atom stereocenters. The molecule has 0 unspecified atom stereocenters. The fourth-order valence-electron chi connectivity index (χ4n) is 1.74. The Hall–Kier alpha value is -1.60. The molecule has 0 bridgehead atoms. The summed E-state index contributed by atoms with van der Waals surface area (Å²) in [6.07, 6.45) is 33.7. The van der Waals surface area contributed by atoms with E-state index in [9.17, 15) is 0 Å². The molecule has 0 spiro atoms. The van der Waals surface area contributed by atoms with Crippen LogP contribution in [0.1, 0.15) is 51.9 Å². The Morgan fingerprint density at radius 1 is 0.500 bits per heavy atom. The van der Waals surface area contributed by atoms with E-state index in [2.05, 4.69) is 79.8 Å². The first-order valence-electron chi connectivity index (χ1n) is 8.51. The minimum Gasteiger partial charge on any atom is -0.330 e. The highest BCUT2D eigenvalue weighted by atomic mass is 14.5.